The Bertz CT molecular complexity index is 818. The monoisotopic (exact) mass is 325 g/mol. The van der Waals surface area contributed by atoms with E-state index in [1.54, 1.807) is 18.2 Å². The van der Waals surface area contributed by atoms with Gasteiger partial charge < -0.3 is 5.32 Å². The summed E-state index contributed by atoms with van der Waals surface area (Å²) in [6, 6.07) is 11.6. The van der Waals surface area contributed by atoms with Gasteiger partial charge >= 0.3 is 0 Å². The predicted molar refractivity (Wildman–Crippen MR) is 78.0 cm³/mol. The molecule has 1 aliphatic heterocycles. The average Bonchev–Trinajstić information content (AvgIpc) is 2.53. The smallest absolute Gasteiger partial charge is 0.261 e. The molecule has 0 unspecified atom stereocenters. The summed E-state index contributed by atoms with van der Waals surface area (Å²) >= 11 is 1.41. The van der Waals surface area contributed by atoms with Gasteiger partial charge in [0, 0.05) is 20.5 Å². The Hall–Kier alpha value is -1.50. The zero-order valence-electron chi connectivity index (χ0n) is 9.96. The van der Waals surface area contributed by atoms with Gasteiger partial charge in [-0.3, -0.25) is 4.79 Å². The molecule has 0 spiro atoms. The van der Waals surface area contributed by atoms with E-state index in [0.29, 0.717) is 11.3 Å². The summed E-state index contributed by atoms with van der Waals surface area (Å²) < 4.78 is 22.7. The molecule has 0 radical (unpaired) electrons. The topological polar surface area (TPSA) is 63.2 Å². The average molecular weight is 326 g/mol. The number of hydrogen-bond donors (Lipinski definition) is 1. The van der Waals surface area contributed by atoms with E-state index in [2.05, 4.69) is 5.32 Å². The van der Waals surface area contributed by atoms with E-state index >= 15 is 0 Å². The summed E-state index contributed by atoms with van der Waals surface area (Å²) in [5.41, 5.74) is 1.00. The zero-order valence-corrected chi connectivity index (χ0v) is 12.3. The van der Waals surface area contributed by atoms with Gasteiger partial charge in [0.2, 0.25) is 0 Å². The summed E-state index contributed by atoms with van der Waals surface area (Å²) in [4.78, 5) is 13.7. The van der Waals surface area contributed by atoms with Gasteiger partial charge in [0.05, 0.1) is 16.1 Å². The fourth-order valence-corrected chi connectivity index (χ4v) is 3.69. The maximum Gasteiger partial charge on any atom is 0.261 e. The van der Waals surface area contributed by atoms with Gasteiger partial charge in [-0.1, -0.05) is 23.9 Å². The van der Waals surface area contributed by atoms with E-state index in [0.717, 1.165) is 9.79 Å². The van der Waals surface area contributed by atoms with Crippen LogP contribution in [0.4, 0.5) is 5.69 Å². The first-order valence-corrected chi connectivity index (χ1v) is 8.75. The molecule has 1 heterocycles. The first kappa shape index (κ1) is 13.5. The van der Waals surface area contributed by atoms with Crippen LogP contribution in [0.5, 0.6) is 0 Å². The van der Waals surface area contributed by atoms with Gasteiger partial charge in [0.25, 0.3) is 15.0 Å². The number of benzene rings is 2. The fourth-order valence-electron chi connectivity index (χ4n) is 1.90. The summed E-state index contributed by atoms with van der Waals surface area (Å²) in [5, 5.41) is 2.71. The Morgan fingerprint density at radius 2 is 1.80 bits per heavy atom. The second kappa shape index (κ2) is 4.80. The maximum atomic E-state index is 12.1. The number of hydrogen-bond acceptors (Lipinski definition) is 4. The Balaban J connectivity index is 2.14. The largest absolute Gasteiger partial charge is 0.321 e. The van der Waals surface area contributed by atoms with Crippen LogP contribution in [0, 0.1) is 0 Å². The van der Waals surface area contributed by atoms with Gasteiger partial charge in [-0.15, -0.1) is 0 Å². The minimum atomic E-state index is -3.82. The molecule has 0 saturated heterocycles. The molecule has 1 N–H and O–H groups in total. The summed E-state index contributed by atoms with van der Waals surface area (Å²) in [6.07, 6.45) is 0. The van der Waals surface area contributed by atoms with Crippen molar-refractivity contribution in [3.63, 3.8) is 0 Å². The first-order valence-electron chi connectivity index (χ1n) is 5.62. The van der Waals surface area contributed by atoms with Crippen LogP contribution in [-0.4, -0.2) is 14.3 Å². The van der Waals surface area contributed by atoms with Crippen LogP contribution in [0.25, 0.3) is 0 Å². The van der Waals surface area contributed by atoms with Crippen molar-refractivity contribution in [1.29, 1.82) is 0 Å². The van der Waals surface area contributed by atoms with Crippen molar-refractivity contribution >= 4 is 43.1 Å². The van der Waals surface area contributed by atoms with Crippen LogP contribution < -0.4 is 5.32 Å². The van der Waals surface area contributed by atoms with Crippen LogP contribution >= 0.6 is 22.4 Å². The lowest BCUT2D eigenvalue weighted by Gasteiger charge is -2.07. The number of amides is 1. The number of nitrogens with one attached hydrogen (secondary N) is 1. The van der Waals surface area contributed by atoms with Crippen molar-refractivity contribution in [2.24, 2.45) is 0 Å². The zero-order chi connectivity index (χ0) is 14.3. The molecular formula is C13H8ClNO3S2. The summed E-state index contributed by atoms with van der Waals surface area (Å²) in [6.45, 7) is 0. The molecule has 7 heteroatoms. The number of anilines is 1. The molecule has 1 aliphatic rings. The molecule has 20 heavy (non-hydrogen) atoms. The molecule has 102 valence electrons. The van der Waals surface area contributed by atoms with E-state index in [1.165, 1.54) is 23.9 Å². The molecule has 0 saturated carbocycles. The van der Waals surface area contributed by atoms with Crippen molar-refractivity contribution in [1.82, 2.24) is 0 Å². The van der Waals surface area contributed by atoms with Gasteiger partial charge in [-0.2, -0.15) is 0 Å². The van der Waals surface area contributed by atoms with Gasteiger partial charge in [0.15, 0.2) is 0 Å². The molecule has 0 aromatic heterocycles. The van der Waals surface area contributed by atoms with Crippen LogP contribution in [0.2, 0.25) is 0 Å². The highest BCUT2D eigenvalue weighted by Crippen LogP contribution is 2.39. The SMILES string of the molecule is O=C1Nc2cc(S(=O)(=O)Cl)ccc2Sc2ccccc21. The first-order chi connectivity index (χ1) is 9.45. The molecule has 0 aliphatic carbocycles. The Labute approximate surface area is 124 Å². The quantitative estimate of drug-likeness (QED) is 0.817. The van der Waals surface area contributed by atoms with Crippen LogP contribution in [0.15, 0.2) is 57.2 Å². The number of rotatable bonds is 1. The molecule has 4 nitrogen and oxygen atoms in total. The van der Waals surface area contributed by atoms with E-state index in [4.69, 9.17) is 10.7 Å². The normalized spacial score (nSPS) is 13.9. The molecule has 0 fully saturated rings. The van der Waals surface area contributed by atoms with E-state index < -0.39 is 9.05 Å². The van der Waals surface area contributed by atoms with Crippen LogP contribution in [-0.2, 0) is 9.05 Å². The predicted octanol–water partition coefficient (Wildman–Crippen LogP) is 3.33. The van der Waals surface area contributed by atoms with Gasteiger partial charge in [-0.05, 0) is 30.3 Å². The fraction of sp³-hybridized carbons (Fsp3) is 0. The number of carbonyl (C=O) groups excluding carboxylic acids is 1. The molecule has 0 atom stereocenters. The standard InChI is InChI=1S/C13H8ClNO3S2/c14-20(17,18)8-5-6-12-10(7-8)15-13(16)9-3-1-2-4-11(9)19-12/h1-7H,(H,15,16). The third-order valence-electron chi connectivity index (χ3n) is 2.83. The van der Waals surface area contributed by atoms with Crippen molar-refractivity contribution in [2.75, 3.05) is 5.32 Å². The molecule has 2 aromatic carbocycles. The Kier molecular flexibility index (Phi) is 3.24. The minimum Gasteiger partial charge on any atom is -0.321 e. The van der Waals surface area contributed by atoms with Gasteiger partial charge in [-0.25, -0.2) is 8.42 Å². The van der Waals surface area contributed by atoms with E-state index in [1.807, 2.05) is 12.1 Å². The lowest BCUT2D eigenvalue weighted by atomic mass is 10.2. The summed E-state index contributed by atoms with van der Waals surface area (Å²) in [5.74, 6) is -0.268. The van der Waals surface area contributed by atoms with Crippen molar-refractivity contribution in [2.45, 2.75) is 14.7 Å². The molecule has 3 rings (SSSR count). The minimum absolute atomic E-state index is 0.0372. The molecular weight excluding hydrogens is 318 g/mol. The Morgan fingerprint density at radius 3 is 2.55 bits per heavy atom. The van der Waals surface area contributed by atoms with Crippen LogP contribution in [0.3, 0.4) is 0 Å². The number of fused-ring (bicyclic) bond motifs is 2. The number of carbonyl (C=O) groups is 1. The summed E-state index contributed by atoms with van der Waals surface area (Å²) in [7, 11) is 1.50. The van der Waals surface area contributed by atoms with Crippen molar-refractivity contribution < 1.29 is 13.2 Å². The second-order valence-electron chi connectivity index (χ2n) is 4.15. The van der Waals surface area contributed by atoms with Crippen molar-refractivity contribution in [3.05, 3.63) is 48.0 Å². The van der Waals surface area contributed by atoms with Crippen molar-refractivity contribution in [3.8, 4) is 0 Å². The lowest BCUT2D eigenvalue weighted by molar-refractivity contribution is 0.102. The molecule has 0 bridgehead atoms. The highest BCUT2D eigenvalue weighted by molar-refractivity contribution is 8.13. The van der Waals surface area contributed by atoms with Crippen LogP contribution in [0.1, 0.15) is 10.4 Å². The van der Waals surface area contributed by atoms with E-state index in [-0.39, 0.29) is 10.8 Å². The third kappa shape index (κ3) is 2.42. The molecule has 1 amide bonds. The molecule has 2 aromatic rings. The van der Waals surface area contributed by atoms with Gasteiger partial charge in [0.1, 0.15) is 0 Å². The third-order valence-corrected chi connectivity index (χ3v) is 5.34. The lowest BCUT2D eigenvalue weighted by Crippen LogP contribution is -2.11. The highest BCUT2D eigenvalue weighted by atomic mass is 35.7. The second-order valence-corrected chi connectivity index (χ2v) is 7.80. The van der Waals surface area contributed by atoms with E-state index in [9.17, 15) is 13.2 Å². The highest BCUT2D eigenvalue weighted by Gasteiger charge is 2.21. The number of halogens is 1. The maximum absolute atomic E-state index is 12.1. The Morgan fingerprint density at radius 1 is 1.05 bits per heavy atom.